The topological polar surface area (TPSA) is 27.3 Å². The third-order valence-corrected chi connectivity index (χ3v) is 1.51. The zero-order valence-electron chi connectivity index (χ0n) is 7.56. The number of thiocarbonyl (C=S) groups is 1. The van der Waals surface area contributed by atoms with E-state index in [1.54, 1.807) is 0 Å². The summed E-state index contributed by atoms with van der Waals surface area (Å²) >= 11 is 4.86. The molecule has 5 heteroatoms. The van der Waals surface area contributed by atoms with E-state index in [0.29, 0.717) is 5.11 Å². The van der Waals surface area contributed by atoms with Crippen molar-refractivity contribution in [2.75, 3.05) is 40.4 Å². The van der Waals surface area contributed by atoms with Crippen LogP contribution in [0.15, 0.2) is 0 Å². The van der Waals surface area contributed by atoms with Crippen LogP contribution in [-0.2, 0) is 0 Å². The first kappa shape index (κ1) is 11.6. The number of hydrogen-bond donors (Lipinski definition) is 2. The molecule has 12 heavy (non-hydrogen) atoms. The number of alkyl halides is 1. The van der Waals surface area contributed by atoms with Crippen LogP contribution in [0.4, 0.5) is 4.39 Å². The molecule has 0 aliphatic rings. The third-order valence-electron chi connectivity index (χ3n) is 1.22. The molecule has 0 radical (unpaired) electrons. The molecule has 0 unspecified atom stereocenters. The molecular formula is C7H16FN3S. The molecule has 0 aromatic heterocycles. The van der Waals surface area contributed by atoms with E-state index in [-0.39, 0.29) is 6.54 Å². The van der Waals surface area contributed by atoms with Crippen LogP contribution in [0.5, 0.6) is 0 Å². The first-order valence-corrected chi connectivity index (χ1v) is 4.30. The second-order valence-corrected chi connectivity index (χ2v) is 3.08. The number of halogens is 1. The van der Waals surface area contributed by atoms with Crippen LogP contribution in [0, 0.1) is 0 Å². The fraction of sp³-hybridized carbons (Fsp3) is 0.857. The van der Waals surface area contributed by atoms with Crippen LogP contribution >= 0.6 is 12.2 Å². The molecule has 0 aromatic rings. The van der Waals surface area contributed by atoms with Gasteiger partial charge in [-0.3, -0.25) is 0 Å². The first-order chi connectivity index (χ1) is 5.66. The maximum Gasteiger partial charge on any atom is 0.166 e. The van der Waals surface area contributed by atoms with Gasteiger partial charge in [-0.1, -0.05) is 0 Å². The number of likely N-dealkylation sites (N-methyl/N-ethyl adjacent to an activating group) is 1. The lowest BCUT2D eigenvalue weighted by Crippen LogP contribution is -2.39. The molecule has 0 aliphatic heterocycles. The quantitative estimate of drug-likeness (QED) is 0.600. The molecule has 0 spiro atoms. The highest BCUT2D eigenvalue weighted by atomic mass is 32.1. The minimum Gasteiger partial charge on any atom is -0.361 e. The summed E-state index contributed by atoms with van der Waals surface area (Å²) < 4.78 is 11.6. The Kier molecular flexibility index (Phi) is 6.99. The van der Waals surface area contributed by atoms with Gasteiger partial charge in [-0.25, -0.2) is 4.39 Å². The Morgan fingerprint density at radius 3 is 2.42 bits per heavy atom. The lowest BCUT2D eigenvalue weighted by atomic mass is 10.6. The number of nitrogens with one attached hydrogen (secondary N) is 2. The number of nitrogens with zero attached hydrogens (tertiary/aromatic N) is 1. The highest BCUT2D eigenvalue weighted by molar-refractivity contribution is 7.80. The van der Waals surface area contributed by atoms with E-state index < -0.39 is 6.67 Å². The zero-order chi connectivity index (χ0) is 9.40. The van der Waals surface area contributed by atoms with Crippen LogP contribution in [0.1, 0.15) is 0 Å². The maximum absolute atomic E-state index is 11.6. The number of rotatable bonds is 5. The van der Waals surface area contributed by atoms with Crippen LogP contribution in [-0.4, -0.2) is 50.4 Å². The van der Waals surface area contributed by atoms with E-state index in [0.717, 1.165) is 13.1 Å². The SMILES string of the molecule is CN(C)CCNC(=S)NCCF. The summed E-state index contributed by atoms with van der Waals surface area (Å²) in [6.07, 6.45) is 0. The predicted octanol–water partition coefficient (Wildman–Crippen LogP) is -0.0184. The molecule has 3 nitrogen and oxygen atoms in total. The molecule has 0 fully saturated rings. The van der Waals surface area contributed by atoms with Crippen LogP contribution < -0.4 is 10.6 Å². The average molecular weight is 193 g/mol. The highest BCUT2D eigenvalue weighted by Gasteiger charge is 1.93. The third kappa shape index (κ3) is 7.68. The summed E-state index contributed by atoms with van der Waals surface area (Å²) in [5.41, 5.74) is 0. The maximum atomic E-state index is 11.6. The largest absolute Gasteiger partial charge is 0.361 e. The van der Waals surface area contributed by atoms with Gasteiger partial charge in [-0.2, -0.15) is 0 Å². The molecule has 0 saturated carbocycles. The van der Waals surface area contributed by atoms with Crippen LogP contribution in [0.25, 0.3) is 0 Å². The standard InChI is InChI=1S/C7H16FN3S/c1-11(2)6-5-10-7(12)9-4-3-8/h3-6H2,1-2H3,(H2,9,10,12). The van der Waals surface area contributed by atoms with Gasteiger partial charge in [0.1, 0.15) is 6.67 Å². The van der Waals surface area contributed by atoms with E-state index in [2.05, 4.69) is 10.6 Å². The second-order valence-electron chi connectivity index (χ2n) is 2.67. The van der Waals surface area contributed by atoms with Gasteiger partial charge in [0.15, 0.2) is 5.11 Å². The van der Waals surface area contributed by atoms with Crippen molar-refractivity contribution < 1.29 is 4.39 Å². The molecule has 72 valence electrons. The van der Waals surface area contributed by atoms with E-state index in [4.69, 9.17) is 12.2 Å². The van der Waals surface area contributed by atoms with Gasteiger partial charge in [-0.05, 0) is 26.3 Å². The van der Waals surface area contributed by atoms with E-state index >= 15 is 0 Å². The average Bonchev–Trinajstić information content (AvgIpc) is 2.00. The summed E-state index contributed by atoms with van der Waals surface area (Å²) in [6.45, 7) is 1.59. The normalized spacial score (nSPS) is 10.0. The van der Waals surface area contributed by atoms with Crippen molar-refractivity contribution >= 4 is 17.3 Å². The molecule has 0 aromatic carbocycles. The van der Waals surface area contributed by atoms with Crippen molar-refractivity contribution in [3.8, 4) is 0 Å². The Morgan fingerprint density at radius 2 is 1.92 bits per heavy atom. The van der Waals surface area contributed by atoms with Gasteiger partial charge in [0, 0.05) is 19.6 Å². The predicted molar refractivity (Wildman–Crippen MR) is 53.1 cm³/mol. The Labute approximate surface area is 78.3 Å². The lowest BCUT2D eigenvalue weighted by Gasteiger charge is -2.12. The molecule has 0 atom stereocenters. The summed E-state index contributed by atoms with van der Waals surface area (Å²) in [5, 5.41) is 6.22. The van der Waals surface area contributed by atoms with Crippen molar-refractivity contribution in [1.29, 1.82) is 0 Å². The molecule has 0 bridgehead atoms. The van der Waals surface area contributed by atoms with Crippen molar-refractivity contribution in [2.45, 2.75) is 0 Å². The Balaban J connectivity index is 3.20. The van der Waals surface area contributed by atoms with Crippen molar-refractivity contribution in [3.05, 3.63) is 0 Å². The van der Waals surface area contributed by atoms with Gasteiger partial charge >= 0.3 is 0 Å². The molecule has 0 heterocycles. The molecular weight excluding hydrogens is 177 g/mol. The summed E-state index contributed by atoms with van der Waals surface area (Å²) in [6, 6.07) is 0. The van der Waals surface area contributed by atoms with Crippen LogP contribution in [0.3, 0.4) is 0 Å². The monoisotopic (exact) mass is 193 g/mol. The minimum absolute atomic E-state index is 0.286. The van der Waals surface area contributed by atoms with Crippen molar-refractivity contribution in [1.82, 2.24) is 15.5 Å². The highest BCUT2D eigenvalue weighted by Crippen LogP contribution is 1.72. The van der Waals surface area contributed by atoms with Gasteiger partial charge in [0.25, 0.3) is 0 Å². The van der Waals surface area contributed by atoms with Gasteiger partial charge in [0.2, 0.25) is 0 Å². The Hall–Kier alpha value is -0.420. The Bertz CT molecular complexity index is 130. The Morgan fingerprint density at radius 1 is 1.33 bits per heavy atom. The fourth-order valence-electron chi connectivity index (χ4n) is 0.616. The van der Waals surface area contributed by atoms with Gasteiger partial charge in [-0.15, -0.1) is 0 Å². The molecule has 0 rings (SSSR count). The smallest absolute Gasteiger partial charge is 0.166 e. The van der Waals surface area contributed by atoms with Gasteiger partial charge < -0.3 is 15.5 Å². The lowest BCUT2D eigenvalue weighted by molar-refractivity contribution is 0.412. The van der Waals surface area contributed by atoms with Crippen molar-refractivity contribution in [2.24, 2.45) is 0 Å². The first-order valence-electron chi connectivity index (χ1n) is 3.89. The molecule has 0 amide bonds. The van der Waals surface area contributed by atoms with E-state index in [9.17, 15) is 4.39 Å². The summed E-state index contributed by atoms with van der Waals surface area (Å²) in [4.78, 5) is 2.05. The zero-order valence-corrected chi connectivity index (χ0v) is 8.38. The fourth-order valence-corrected chi connectivity index (χ4v) is 0.820. The minimum atomic E-state index is -0.393. The molecule has 0 saturated heterocycles. The van der Waals surface area contributed by atoms with Crippen molar-refractivity contribution in [3.63, 3.8) is 0 Å². The molecule has 2 N–H and O–H groups in total. The van der Waals surface area contributed by atoms with E-state index in [1.807, 2.05) is 19.0 Å². The molecule has 0 aliphatic carbocycles. The van der Waals surface area contributed by atoms with Crippen LogP contribution in [0.2, 0.25) is 0 Å². The summed E-state index contributed by atoms with van der Waals surface area (Å²) in [5.74, 6) is 0. The number of hydrogen-bond acceptors (Lipinski definition) is 2. The second kappa shape index (κ2) is 7.24. The summed E-state index contributed by atoms with van der Waals surface area (Å²) in [7, 11) is 3.97. The van der Waals surface area contributed by atoms with E-state index in [1.165, 1.54) is 0 Å². The van der Waals surface area contributed by atoms with Gasteiger partial charge in [0.05, 0.1) is 0 Å².